The molecule has 0 radical (unpaired) electrons. The Balaban J connectivity index is 2.26. The van der Waals surface area contributed by atoms with E-state index in [1.807, 2.05) is 0 Å². The van der Waals surface area contributed by atoms with Crippen molar-refractivity contribution in [2.45, 2.75) is 12.8 Å². The zero-order valence-electron chi connectivity index (χ0n) is 11.4. The molecule has 2 heterocycles. The summed E-state index contributed by atoms with van der Waals surface area (Å²) in [4.78, 5) is 26.2. The van der Waals surface area contributed by atoms with E-state index in [0.29, 0.717) is 45.1 Å². The molecule has 1 fully saturated rings. The fraction of sp³-hybridized carbons (Fsp3) is 0.200. The van der Waals surface area contributed by atoms with Gasteiger partial charge in [-0.25, -0.2) is 4.79 Å². The number of aromatic nitrogens is 1. The molecule has 0 aliphatic carbocycles. The number of hydrogen-bond acceptors (Lipinski definition) is 2. The van der Waals surface area contributed by atoms with E-state index in [1.165, 1.54) is 0 Å². The Morgan fingerprint density at radius 1 is 1.32 bits per heavy atom. The maximum Gasteiger partial charge on any atom is 0.352 e. The molecule has 1 amide bonds. The number of H-pyrrole nitrogens is 1. The van der Waals surface area contributed by atoms with Gasteiger partial charge in [-0.05, 0) is 31.1 Å². The number of amides is 1. The first-order valence-electron chi connectivity index (χ1n) is 6.70. The van der Waals surface area contributed by atoms with Crippen LogP contribution in [0.15, 0.2) is 17.7 Å². The lowest BCUT2D eigenvalue weighted by Crippen LogP contribution is -2.30. The number of hydrogen-bond donors (Lipinski definition) is 3. The maximum atomic E-state index is 11.9. The van der Waals surface area contributed by atoms with Crippen molar-refractivity contribution in [2.24, 2.45) is 0 Å². The van der Waals surface area contributed by atoms with Crippen molar-refractivity contribution < 1.29 is 14.7 Å². The molecular formula is C15H12Cl2N2O3. The molecule has 1 aromatic heterocycles. The molecule has 3 rings (SSSR count). The first-order valence-corrected chi connectivity index (χ1v) is 7.45. The minimum Gasteiger partial charge on any atom is -0.477 e. The molecule has 0 atom stereocenters. The summed E-state index contributed by atoms with van der Waals surface area (Å²) in [7, 11) is 0. The number of carbonyl (C=O) groups is 2. The highest BCUT2D eigenvalue weighted by molar-refractivity contribution is 6.39. The minimum absolute atomic E-state index is 0.00922. The lowest BCUT2D eigenvalue weighted by atomic mass is 10.0. The molecule has 0 saturated carbocycles. The fourth-order valence-corrected chi connectivity index (χ4v) is 3.20. The third kappa shape index (κ3) is 2.58. The van der Waals surface area contributed by atoms with Gasteiger partial charge in [0.05, 0.1) is 5.02 Å². The largest absolute Gasteiger partial charge is 0.477 e. The van der Waals surface area contributed by atoms with Crippen LogP contribution in [-0.4, -0.2) is 28.5 Å². The Hall–Kier alpha value is -1.98. The van der Waals surface area contributed by atoms with Gasteiger partial charge in [-0.15, -0.1) is 0 Å². The molecular weight excluding hydrogens is 327 g/mol. The quantitative estimate of drug-likeness (QED) is 0.733. The van der Waals surface area contributed by atoms with E-state index >= 15 is 0 Å². The number of carboxylic acid groups (broad SMARTS) is 1. The Bertz CT molecular complexity index is 824. The number of aromatic amines is 1. The summed E-state index contributed by atoms with van der Waals surface area (Å²) in [5, 5.41) is 13.4. The average molecular weight is 339 g/mol. The fourth-order valence-electron chi connectivity index (χ4n) is 2.61. The number of nitrogens with one attached hydrogen (secondary N) is 2. The van der Waals surface area contributed by atoms with Crippen LogP contribution in [-0.2, 0) is 4.79 Å². The SMILES string of the molecule is O=C1NCCC/C1=C\c1c(C(=O)O)[nH]c2cc(Cl)cc(Cl)c12. The van der Waals surface area contributed by atoms with Crippen LogP contribution in [0.5, 0.6) is 0 Å². The van der Waals surface area contributed by atoms with Crippen molar-refractivity contribution in [1.82, 2.24) is 10.3 Å². The molecule has 7 heteroatoms. The molecule has 1 aliphatic rings. The molecule has 0 bridgehead atoms. The number of rotatable bonds is 2. The van der Waals surface area contributed by atoms with E-state index in [4.69, 9.17) is 23.2 Å². The van der Waals surface area contributed by atoms with Gasteiger partial charge in [-0.3, -0.25) is 4.79 Å². The summed E-state index contributed by atoms with van der Waals surface area (Å²) in [6.07, 6.45) is 3.02. The summed E-state index contributed by atoms with van der Waals surface area (Å²) in [6.45, 7) is 0.631. The number of benzene rings is 1. The molecule has 5 nitrogen and oxygen atoms in total. The van der Waals surface area contributed by atoms with Crippen LogP contribution < -0.4 is 5.32 Å². The van der Waals surface area contributed by atoms with Gasteiger partial charge in [0.25, 0.3) is 0 Å². The normalized spacial score (nSPS) is 17.0. The lowest BCUT2D eigenvalue weighted by Gasteiger charge is -2.14. The summed E-state index contributed by atoms with van der Waals surface area (Å²) in [5.41, 5.74) is 1.46. The molecule has 1 aromatic carbocycles. The second kappa shape index (κ2) is 5.66. The highest BCUT2D eigenvalue weighted by atomic mass is 35.5. The number of carbonyl (C=O) groups excluding carboxylic acids is 1. The van der Waals surface area contributed by atoms with Crippen molar-refractivity contribution in [2.75, 3.05) is 6.54 Å². The van der Waals surface area contributed by atoms with Crippen molar-refractivity contribution in [3.63, 3.8) is 0 Å². The monoisotopic (exact) mass is 338 g/mol. The van der Waals surface area contributed by atoms with E-state index in [2.05, 4.69) is 10.3 Å². The standard InChI is InChI=1S/C15H12Cl2N2O3/c16-8-5-10(17)12-9(4-7-2-1-3-18-14(7)20)13(15(21)22)19-11(12)6-8/h4-6,19H,1-3H2,(H,18,20)(H,21,22)/b7-4+. The average Bonchev–Trinajstić information content (AvgIpc) is 2.80. The van der Waals surface area contributed by atoms with E-state index in [9.17, 15) is 14.7 Å². The topological polar surface area (TPSA) is 82.2 Å². The molecule has 1 saturated heterocycles. The smallest absolute Gasteiger partial charge is 0.352 e. The minimum atomic E-state index is -1.12. The molecule has 22 heavy (non-hydrogen) atoms. The highest BCUT2D eigenvalue weighted by Crippen LogP contribution is 2.34. The Morgan fingerprint density at radius 2 is 2.09 bits per heavy atom. The third-order valence-corrected chi connectivity index (χ3v) is 4.10. The first-order chi connectivity index (χ1) is 10.5. The Kier molecular flexibility index (Phi) is 3.85. The van der Waals surface area contributed by atoms with Gasteiger partial charge in [0.15, 0.2) is 0 Å². The Morgan fingerprint density at radius 3 is 2.77 bits per heavy atom. The molecule has 1 aliphatic heterocycles. The molecule has 3 N–H and O–H groups in total. The zero-order valence-corrected chi connectivity index (χ0v) is 12.9. The summed E-state index contributed by atoms with van der Waals surface area (Å²) >= 11 is 12.2. The van der Waals surface area contributed by atoms with Gasteiger partial charge >= 0.3 is 5.97 Å². The number of piperidine rings is 1. The van der Waals surface area contributed by atoms with Crippen molar-refractivity contribution in [3.05, 3.63) is 39.0 Å². The molecule has 0 unspecified atom stereocenters. The zero-order chi connectivity index (χ0) is 15.9. The van der Waals surface area contributed by atoms with Gasteiger partial charge in [0.2, 0.25) is 5.91 Å². The van der Waals surface area contributed by atoms with Crippen LogP contribution >= 0.6 is 23.2 Å². The van der Waals surface area contributed by atoms with Crippen LogP contribution in [0.25, 0.3) is 17.0 Å². The third-order valence-electron chi connectivity index (χ3n) is 3.59. The van der Waals surface area contributed by atoms with Gasteiger partial charge in [-0.1, -0.05) is 23.2 Å². The van der Waals surface area contributed by atoms with Crippen molar-refractivity contribution >= 4 is 52.1 Å². The number of halogens is 2. The second-order valence-electron chi connectivity index (χ2n) is 5.06. The van der Waals surface area contributed by atoms with E-state index in [1.54, 1.807) is 18.2 Å². The number of fused-ring (bicyclic) bond motifs is 1. The predicted molar refractivity (Wildman–Crippen MR) is 85.5 cm³/mol. The van der Waals surface area contributed by atoms with E-state index in [0.717, 1.165) is 6.42 Å². The Labute approximate surface area is 135 Å². The maximum absolute atomic E-state index is 11.9. The lowest BCUT2D eigenvalue weighted by molar-refractivity contribution is -0.118. The summed E-state index contributed by atoms with van der Waals surface area (Å²) < 4.78 is 0. The van der Waals surface area contributed by atoms with Gasteiger partial charge in [0.1, 0.15) is 5.69 Å². The highest BCUT2D eigenvalue weighted by Gasteiger charge is 2.21. The van der Waals surface area contributed by atoms with Crippen LogP contribution in [0.1, 0.15) is 28.9 Å². The summed E-state index contributed by atoms with van der Waals surface area (Å²) in [5.74, 6) is -1.30. The molecule has 0 spiro atoms. The van der Waals surface area contributed by atoms with Gasteiger partial charge in [-0.2, -0.15) is 0 Å². The number of aromatic carboxylic acids is 1. The summed E-state index contributed by atoms with van der Waals surface area (Å²) in [6, 6.07) is 3.16. The van der Waals surface area contributed by atoms with E-state index in [-0.39, 0.29) is 11.6 Å². The van der Waals surface area contributed by atoms with Crippen molar-refractivity contribution in [1.29, 1.82) is 0 Å². The van der Waals surface area contributed by atoms with Crippen LogP contribution in [0.4, 0.5) is 0 Å². The van der Waals surface area contributed by atoms with Crippen LogP contribution in [0, 0.1) is 0 Å². The van der Waals surface area contributed by atoms with Gasteiger partial charge in [0, 0.05) is 33.6 Å². The van der Waals surface area contributed by atoms with E-state index < -0.39 is 5.97 Å². The molecule has 2 aromatic rings. The van der Waals surface area contributed by atoms with Crippen LogP contribution in [0.3, 0.4) is 0 Å². The predicted octanol–water partition coefficient (Wildman–Crippen LogP) is 3.47. The first kappa shape index (κ1) is 14.9. The van der Waals surface area contributed by atoms with Crippen molar-refractivity contribution in [3.8, 4) is 0 Å². The number of carboxylic acids is 1. The van der Waals surface area contributed by atoms with Gasteiger partial charge < -0.3 is 15.4 Å². The second-order valence-corrected chi connectivity index (χ2v) is 5.90. The van der Waals surface area contributed by atoms with Crippen LogP contribution in [0.2, 0.25) is 10.0 Å². The molecule has 114 valence electrons.